The van der Waals surface area contributed by atoms with Crippen LogP contribution >= 0.6 is 11.3 Å². The van der Waals surface area contributed by atoms with Crippen molar-refractivity contribution < 1.29 is 14.3 Å². The predicted octanol–water partition coefficient (Wildman–Crippen LogP) is 3.73. The summed E-state index contributed by atoms with van der Waals surface area (Å²) in [5, 5.41) is 4.24. The number of nitrogens with zero attached hydrogens (tertiary/aromatic N) is 3. The minimum Gasteiger partial charge on any atom is -0.486 e. The van der Waals surface area contributed by atoms with Crippen LogP contribution in [0, 0.1) is 6.92 Å². The molecule has 152 valence electrons. The number of nitrogens with one attached hydrogen (secondary N) is 1. The topological polar surface area (TPSA) is 76.6 Å². The molecule has 8 heteroatoms. The van der Waals surface area contributed by atoms with Gasteiger partial charge in [0.25, 0.3) is 5.91 Å². The molecule has 3 heterocycles. The van der Waals surface area contributed by atoms with E-state index < -0.39 is 0 Å². The number of aromatic nitrogens is 2. The molecule has 29 heavy (non-hydrogen) atoms. The number of carbonyl (C=O) groups excluding carboxylic acids is 1. The fourth-order valence-corrected chi connectivity index (χ4v) is 4.31. The van der Waals surface area contributed by atoms with E-state index in [9.17, 15) is 4.79 Å². The number of amides is 1. The fourth-order valence-electron chi connectivity index (χ4n) is 3.18. The number of hydrogen-bond acceptors (Lipinski definition) is 7. The third kappa shape index (κ3) is 3.72. The maximum Gasteiger partial charge on any atom is 0.264 e. The van der Waals surface area contributed by atoms with Crippen LogP contribution in [0.3, 0.4) is 0 Å². The molecule has 0 aliphatic carbocycles. The second kappa shape index (κ2) is 7.87. The van der Waals surface area contributed by atoms with Gasteiger partial charge in [-0.2, -0.15) is 0 Å². The summed E-state index contributed by atoms with van der Waals surface area (Å²) in [4.78, 5) is 24.9. The maximum atomic E-state index is 12.8. The zero-order valence-electron chi connectivity index (χ0n) is 16.9. The number of anilines is 1. The first-order valence-electron chi connectivity index (χ1n) is 9.59. The molecule has 0 radical (unpaired) electrons. The van der Waals surface area contributed by atoms with Crippen molar-refractivity contribution in [3.63, 3.8) is 0 Å². The molecule has 0 saturated heterocycles. The lowest BCUT2D eigenvalue weighted by Crippen LogP contribution is -2.35. The molecule has 2 aromatic heterocycles. The summed E-state index contributed by atoms with van der Waals surface area (Å²) < 4.78 is 11.8. The van der Waals surface area contributed by atoms with Gasteiger partial charge in [0, 0.05) is 13.1 Å². The van der Waals surface area contributed by atoms with Gasteiger partial charge in [-0.1, -0.05) is 12.1 Å². The van der Waals surface area contributed by atoms with Crippen LogP contribution in [-0.4, -0.2) is 53.1 Å². The van der Waals surface area contributed by atoms with Crippen molar-refractivity contribution in [1.82, 2.24) is 14.9 Å². The number of hydrogen-bond donors (Lipinski definition) is 1. The Morgan fingerprint density at radius 1 is 1.31 bits per heavy atom. The van der Waals surface area contributed by atoms with Gasteiger partial charge in [0.1, 0.15) is 29.7 Å². The fraction of sp³-hybridized carbons (Fsp3) is 0.381. The lowest BCUT2D eigenvalue weighted by molar-refractivity contribution is 0.0759. The van der Waals surface area contributed by atoms with Crippen LogP contribution in [0.1, 0.15) is 29.1 Å². The summed E-state index contributed by atoms with van der Waals surface area (Å²) in [6.45, 7) is 6.94. The van der Waals surface area contributed by atoms with E-state index in [1.807, 2.05) is 52.1 Å². The van der Waals surface area contributed by atoms with Crippen molar-refractivity contribution in [2.45, 2.75) is 32.9 Å². The SMILES string of the molecule is Cc1c(C(=O)N(C)C(C)C)sc2ncnc(NCC3COc4ccccc4O3)c12. The highest BCUT2D eigenvalue weighted by molar-refractivity contribution is 7.20. The molecule has 1 aliphatic rings. The highest BCUT2D eigenvalue weighted by Crippen LogP contribution is 2.35. The first-order chi connectivity index (χ1) is 14.0. The van der Waals surface area contributed by atoms with Crippen LogP contribution in [-0.2, 0) is 0 Å². The number of aryl methyl sites for hydroxylation is 1. The number of ether oxygens (including phenoxy) is 2. The summed E-state index contributed by atoms with van der Waals surface area (Å²) >= 11 is 1.41. The maximum absolute atomic E-state index is 12.8. The number of thiophene rings is 1. The van der Waals surface area contributed by atoms with Gasteiger partial charge >= 0.3 is 0 Å². The van der Waals surface area contributed by atoms with Crippen LogP contribution in [0.2, 0.25) is 0 Å². The van der Waals surface area contributed by atoms with Gasteiger partial charge in [0.2, 0.25) is 0 Å². The molecule has 1 amide bonds. The molecular formula is C21H24N4O3S. The summed E-state index contributed by atoms with van der Waals surface area (Å²) in [6.07, 6.45) is 1.39. The molecule has 1 aromatic carbocycles. The van der Waals surface area contributed by atoms with Crippen molar-refractivity contribution >= 4 is 33.3 Å². The monoisotopic (exact) mass is 412 g/mol. The summed E-state index contributed by atoms with van der Waals surface area (Å²) in [7, 11) is 1.82. The van der Waals surface area contributed by atoms with E-state index in [-0.39, 0.29) is 18.1 Å². The Morgan fingerprint density at radius 3 is 2.83 bits per heavy atom. The average molecular weight is 413 g/mol. The third-order valence-electron chi connectivity index (χ3n) is 5.08. The molecule has 0 fully saturated rings. The molecule has 7 nitrogen and oxygen atoms in total. The molecule has 4 rings (SSSR count). The summed E-state index contributed by atoms with van der Waals surface area (Å²) in [5.74, 6) is 2.22. The van der Waals surface area contributed by atoms with Gasteiger partial charge in [-0.05, 0) is 38.5 Å². The molecular weight excluding hydrogens is 388 g/mol. The van der Waals surface area contributed by atoms with Gasteiger partial charge in [0.15, 0.2) is 11.5 Å². The van der Waals surface area contributed by atoms with E-state index in [1.54, 1.807) is 4.90 Å². The van der Waals surface area contributed by atoms with Crippen molar-refractivity contribution in [2.24, 2.45) is 0 Å². The second-order valence-corrected chi connectivity index (χ2v) is 8.35. The van der Waals surface area contributed by atoms with Gasteiger partial charge in [-0.15, -0.1) is 11.3 Å². The van der Waals surface area contributed by atoms with Gasteiger partial charge < -0.3 is 19.7 Å². The molecule has 1 aliphatic heterocycles. The van der Waals surface area contributed by atoms with Crippen molar-refractivity contribution in [2.75, 3.05) is 25.5 Å². The Kier molecular flexibility index (Phi) is 5.27. The molecule has 1 unspecified atom stereocenters. The zero-order chi connectivity index (χ0) is 20.5. The number of rotatable bonds is 5. The molecule has 0 bridgehead atoms. The first kappa shape index (κ1) is 19.4. The Morgan fingerprint density at radius 2 is 2.07 bits per heavy atom. The second-order valence-electron chi connectivity index (χ2n) is 7.35. The number of benzene rings is 1. The first-order valence-corrected chi connectivity index (χ1v) is 10.4. The molecule has 1 atom stereocenters. The van der Waals surface area contributed by atoms with E-state index in [0.717, 1.165) is 27.3 Å². The van der Waals surface area contributed by atoms with Crippen LogP contribution in [0.5, 0.6) is 11.5 Å². The largest absolute Gasteiger partial charge is 0.486 e. The number of para-hydroxylation sites is 2. The molecule has 3 aromatic rings. The molecule has 0 spiro atoms. The number of carbonyl (C=O) groups is 1. The van der Waals surface area contributed by atoms with Gasteiger partial charge in [-0.3, -0.25) is 4.79 Å². The summed E-state index contributed by atoms with van der Waals surface area (Å²) in [6, 6.07) is 7.77. The van der Waals surface area contributed by atoms with E-state index >= 15 is 0 Å². The number of fused-ring (bicyclic) bond motifs is 2. The third-order valence-corrected chi connectivity index (χ3v) is 6.27. The predicted molar refractivity (Wildman–Crippen MR) is 114 cm³/mol. The minimum atomic E-state index is -0.137. The smallest absolute Gasteiger partial charge is 0.264 e. The van der Waals surface area contributed by atoms with E-state index in [1.165, 1.54) is 17.7 Å². The Hall–Kier alpha value is -2.87. The van der Waals surface area contributed by atoms with Crippen LogP contribution in [0.15, 0.2) is 30.6 Å². The molecule has 1 N–H and O–H groups in total. The highest BCUT2D eigenvalue weighted by Gasteiger charge is 2.24. The van der Waals surface area contributed by atoms with Crippen LogP contribution in [0.4, 0.5) is 5.82 Å². The molecule has 0 saturated carbocycles. The average Bonchev–Trinajstić information content (AvgIpc) is 3.08. The van der Waals surface area contributed by atoms with Gasteiger partial charge in [0.05, 0.1) is 16.8 Å². The van der Waals surface area contributed by atoms with Gasteiger partial charge in [-0.25, -0.2) is 9.97 Å². The highest BCUT2D eigenvalue weighted by atomic mass is 32.1. The van der Waals surface area contributed by atoms with Crippen molar-refractivity contribution in [3.05, 3.63) is 41.0 Å². The van der Waals surface area contributed by atoms with E-state index in [4.69, 9.17) is 9.47 Å². The summed E-state index contributed by atoms with van der Waals surface area (Å²) in [5.41, 5.74) is 0.900. The quantitative estimate of drug-likeness (QED) is 0.688. The van der Waals surface area contributed by atoms with Crippen LogP contribution < -0.4 is 14.8 Å². The van der Waals surface area contributed by atoms with E-state index in [2.05, 4.69) is 15.3 Å². The lowest BCUT2D eigenvalue weighted by atomic mass is 10.1. The van der Waals surface area contributed by atoms with Crippen molar-refractivity contribution in [3.8, 4) is 11.5 Å². The normalized spacial score (nSPS) is 15.6. The van der Waals surface area contributed by atoms with Crippen LogP contribution in [0.25, 0.3) is 10.2 Å². The zero-order valence-corrected chi connectivity index (χ0v) is 17.7. The standard InChI is InChI=1S/C21H24N4O3S/c1-12(2)25(4)21(26)18-13(3)17-19(23-11-24-20(17)29-18)22-9-14-10-27-15-7-5-6-8-16(15)28-14/h5-8,11-12,14H,9-10H2,1-4H3,(H,22,23,24). The van der Waals surface area contributed by atoms with Crippen molar-refractivity contribution in [1.29, 1.82) is 0 Å². The Balaban J connectivity index is 1.55. The minimum absolute atomic E-state index is 0.00655. The van der Waals surface area contributed by atoms with E-state index in [0.29, 0.717) is 23.8 Å². The Bertz CT molecular complexity index is 1050. The Labute approximate surface area is 173 Å². The lowest BCUT2D eigenvalue weighted by Gasteiger charge is -2.26.